The highest BCUT2D eigenvalue weighted by Gasteiger charge is 2.30. The molecule has 1 aromatic rings. The quantitative estimate of drug-likeness (QED) is 0.892. The van der Waals surface area contributed by atoms with Gasteiger partial charge in [0.25, 0.3) is 11.7 Å². The second-order valence-corrected chi connectivity index (χ2v) is 5.42. The van der Waals surface area contributed by atoms with Crippen molar-refractivity contribution in [1.29, 1.82) is 0 Å². The molecular formula is C13H20N4O2. The maximum atomic E-state index is 12.3. The molecule has 1 N–H and O–H groups in total. The van der Waals surface area contributed by atoms with Gasteiger partial charge in [-0.05, 0) is 31.7 Å². The Balaban J connectivity index is 1.67. The number of rotatable bonds is 3. The summed E-state index contributed by atoms with van der Waals surface area (Å²) in [6, 6.07) is 0.121. The number of likely N-dealkylation sites (tertiary alicyclic amines) is 1. The summed E-state index contributed by atoms with van der Waals surface area (Å²) in [5.41, 5.74) is 0. The summed E-state index contributed by atoms with van der Waals surface area (Å²) in [5, 5.41) is 7.13. The highest BCUT2D eigenvalue weighted by molar-refractivity contribution is 5.90. The summed E-state index contributed by atoms with van der Waals surface area (Å²) in [5.74, 6) is 1.28. The third-order valence-corrected chi connectivity index (χ3v) is 4.14. The molecule has 0 spiro atoms. The zero-order chi connectivity index (χ0) is 13.2. The highest BCUT2D eigenvalue weighted by atomic mass is 16.5. The standard InChI is InChI=1S/C13H20N4O2/c1-2-9-5-7-17(8-9)13(18)11-15-12(19-16-11)10-4-3-6-14-10/h9-10,14H,2-8H2,1H3. The Labute approximate surface area is 112 Å². The van der Waals surface area contributed by atoms with E-state index in [1.807, 2.05) is 4.90 Å². The van der Waals surface area contributed by atoms with E-state index in [1.54, 1.807) is 0 Å². The van der Waals surface area contributed by atoms with Gasteiger partial charge in [-0.3, -0.25) is 4.79 Å². The Hall–Kier alpha value is -1.43. The molecule has 6 heteroatoms. The van der Waals surface area contributed by atoms with Crippen molar-refractivity contribution in [3.8, 4) is 0 Å². The van der Waals surface area contributed by atoms with Crippen molar-refractivity contribution in [3.05, 3.63) is 11.7 Å². The molecule has 104 valence electrons. The number of nitrogens with one attached hydrogen (secondary N) is 1. The SMILES string of the molecule is CCC1CCN(C(=O)c2noc(C3CCCN3)n2)C1. The van der Waals surface area contributed by atoms with Crippen LogP contribution in [0.2, 0.25) is 0 Å². The minimum Gasteiger partial charge on any atom is -0.337 e. The molecule has 0 bridgehead atoms. The first-order valence-corrected chi connectivity index (χ1v) is 7.14. The van der Waals surface area contributed by atoms with E-state index >= 15 is 0 Å². The van der Waals surface area contributed by atoms with E-state index < -0.39 is 0 Å². The summed E-state index contributed by atoms with van der Waals surface area (Å²) in [7, 11) is 0. The Morgan fingerprint density at radius 3 is 3.11 bits per heavy atom. The first kappa shape index (κ1) is 12.6. The molecule has 2 aliphatic rings. The minimum atomic E-state index is -0.0936. The van der Waals surface area contributed by atoms with Crippen LogP contribution in [-0.2, 0) is 0 Å². The summed E-state index contributed by atoms with van der Waals surface area (Å²) in [4.78, 5) is 18.4. The van der Waals surface area contributed by atoms with E-state index in [4.69, 9.17) is 4.52 Å². The van der Waals surface area contributed by atoms with Crippen molar-refractivity contribution in [3.63, 3.8) is 0 Å². The average Bonchev–Trinajstić information content (AvgIpc) is 3.16. The predicted octanol–water partition coefficient (Wildman–Crippen LogP) is 1.37. The second-order valence-electron chi connectivity index (χ2n) is 5.42. The van der Waals surface area contributed by atoms with Crippen LogP contribution in [0.3, 0.4) is 0 Å². The van der Waals surface area contributed by atoms with Crippen molar-refractivity contribution >= 4 is 5.91 Å². The van der Waals surface area contributed by atoms with E-state index in [0.29, 0.717) is 11.8 Å². The molecular weight excluding hydrogens is 244 g/mol. The molecule has 6 nitrogen and oxygen atoms in total. The lowest BCUT2D eigenvalue weighted by molar-refractivity contribution is 0.0771. The fraction of sp³-hybridized carbons (Fsp3) is 0.769. The molecule has 19 heavy (non-hydrogen) atoms. The second kappa shape index (κ2) is 5.28. The Morgan fingerprint density at radius 1 is 1.53 bits per heavy atom. The van der Waals surface area contributed by atoms with E-state index in [-0.39, 0.29) is 17.8 Å². The molecule has 1 aromatic heterocycles. The molecule has 3 rings (SSSR count). The monoisotopic (exact) mass is 264 g/mol. The molecule has 0 aromatic carbocycles. The number of nitrogens with zero attached hydrogens (tertiary/aromatic N) is 3. The van der Waals surface area contributed by atoms with Crippen molar-refractivity contribution in [1.82, 2.24) is 20.4 Å². The van der Waals surface area contributed by atoms with Gasteiger partial charge in [0, 0.05) is 13.1 Å². The number of aromatic nitrogens is 2. The zero-order valence-electron chi connectivity index (χ0n) is 11.3. The normalized spacial score (nSPS) is 27.1. The molecule has 2 aliphatic heterocycles. The van der Waals surface area contributed by atoms with Crippen molar-refractivity contribution < 1.29 is 9.32 Å². The van der Waals surface area contributed by atoms with Gasteiger partial charge in [-0.2, -0.15) is 4.98 Å². The summed E-state index contributed by atoms with van der Waals surface area (Å²) < 4.78 is 5.21. The molecule has 0 radical (unpaired) electrons. The number of hydrogen-bond acceptors (Lipinski definition) is 5. The molecule has 3 heterocycles. The summed E-state index contributed by atoms with van der Waals surface area (Å²) in [6.45, 7) is 4.77. The number of amides is 1. The summed E-state index contributed by atoms with van der Waals surface area (Å²) >= 11 is 0. The lowest BCUT2D eigenvalue weighted by atomic mass is 10.1. The van der Waals surface area contributed by atoms with Gasteiger partial charge in [0.15, 0.2) is 0 Å². The van der Waals surface area contributed by atoms with Gasteiger partial charge in [0.05, 0.1) is 6.04 Å². The van der Waals surface area contributed by atoms with E-state index in [1.165, 1.54) is 0 Å². The van der Waals surface area contributed by atoms with Gasteiger partial charge in [0.2, 0.25) is 5.89 Å². The Kier molecular flexibility index (Phi) is 3.50. The predicted molar refractivity (Wildman–Crippen MR) is 68.6 cm³/mol. The van der Waals surface area contributed by atoms with Crippen molar-refractivity contribution in [2.45, 2.75) is 38.6 Å². The fourth-order valence-electron chi connectivity index (χ4n) is 2.85. The van der Waals surface area contributed by atoms with Gasteiger partial charge in [0.1, 0.15) is 0 Å². The van der Waals surface area contributed by atoms with Gasteiger partial charge >= 0.3 is 0 Å². The lowest BCUT2D eigenvalue weighted by Crippen LogP contribution is -2.29. The third kappa shape index (κ3) is 2.49. The van der Waals surface area contributed by atoms with Gasteiger partial charge in [-0.25, -0.2) is 0 Å². The maximum Gasteiger partial charge on any atom is 0.295 e. The smallest absolute Gasteiger partial charge is 0.295 e. The van der Waals surface area contributed by atoms with Crippen LogP contribution in [-0.4, -0.2) is 40.6 Å². The van der Waals surface area contributed by atoms with Crippen LogP contribution < -0.4 is 5.32 Å². The number of carbonyl (C=O) groups excluding carboxylic acids is 1. The topological polar surface area (TPSA) is 71.3 Å². The molecule has 0 aliphatic carbocycles. The van der Waals surface area contributed by atoms with E-state index in [0.717, 1.165) is 45.3 Å². The molecule has 2 fully saturated rings. The first-order chi connectivity index (χ1) is 9.28. The first-order valence-electron chi connectivity index (χ1n) is 7.14. The van der Waals surface area contributed by atoms with Crippen molar-refractivity contribution in [2.24, 2.45) is 5.92 Å². The van der Waals surface area contributed by atoms with Gasteiger partial charge in [-0.15, -0.1) is 0 Å². The average molecular weight is 264 g/mol. The van der Waals surface area contributed by atoms with Crippen LogP contribution >= 0.6 is 0 Å². The molecule has 2 atom stereocenters. The largest absolute Gasteiger partial charge is 0.337 e. The Bertz CT molecular complexity index is 453. The van der Waals surface area contributed by atoms with E-state index in [2.05, 4.69) is 22.4 Å². The van der Waals surface area contributed by atoms with Crippen LogP contribution in [0.5, 0.6) is 0 Å². The van der Waals surface area contributed by atoms with Gasteiger partial charge in [-0.1, -0.05) is 18.5 Å². The molecule has 0 saturated carbocycles. The minimum absolute atomic E-state index is 0.0936. The highest BCUT2D eigenvalue weighted by Crippen LogP contribution is 2.23. The third-order valence-electron chi connectivity index (χ3n) is 4.14. The molecule has 2 unspecified atom stereocenters. The van der Waals surface area contributed by atoms with Crippen LogP contribution in [0.15, 0.2) is 4.52 Å². The van der Waals surface area contributed by atoms with Crippen molar-refractivity contribution in [2.75, 3.05) is 19.6 Å². The Morgan fingerprint density at radius 2 is 2.42 bits per heavy atom. The van der Waals surface area contributed by atoms with Gasteiger partial charge < -0.3 is 14.7 Å². The fourth-order valence-corrected chi connectivity index (χ4v) is 2.85. The molecule has 1 amide bonds. The van der Waals surface area contributed by atoms with E-state index in [9.17, 15) is 4.79 Å². The van der Waals surface area contributed by atoms with Crippen LogP contribution in [0.1, 0.15) is 55.2 Å². The lowest BCUT2D eigenvalue weighted by Gasteiger charge is -2.13. The van der Waals surface area contributed by atoms with Crippen LogP contribution in [0.25, 0.3) is 0 Å². The van der Waals surface area contributed by atoms with Crippen LogP contribution in [0.4, 0.5) is 0 Å². The number of hydrogen-bond donors (Lipinski definition) is 1. The van der Waals surface area contributed by atoms with Crippen LogP contribution in [0, 0.1) is 5.92 Å². The zero-order valence-corrected chi connectivity index (χ0v) is 11.3. The molecule has 2 saturated heterocycles. The number of carbonyl (C=O) groups is 1. The maximum absolute atomic E-state index is 12.3. The summed E-state index contributed by atoms with van der Waals surface area (Å²) in [6.07, 6.45) is 4.31.